The van der Waals surface area contributed by atoms with Gasteiger partial charge in [-0.15, -0.1) is 0 Å². The van der Waals surface area contributed by atoms with E-state index in [-0.39, 0.29) is 35.1 Å². The van der Waals surface area contributed by atoms with Crippen LogP contribution in [-0.4, -0.2) is 73.0 Å². The molecule has 1 aliphatic rings. The van der Waals surface area contributed by atoms with Gasteiger partial charge in [0.15, 0.2) is 0 Å². The molecule has 11 nitrogen and oxygen atoms in total. The minimum Gasteiger partial charge on any atom is -0.480 e. The van der Waals surface area contributed by atoms with Gasteiger partial charge in [-0.1, -0.05) is 23.2 Å². The number of likely N-dealkylation sites (tertiary alicyclic amines) is 1. The van der Waals surface area contributed by atoms with E-state index >= 15 is 0 Å². The molecule has 14 heteroatoms. The predicted molar refractivity (Wildman–Crippen MR) is 143 cm³/mol. The first-order chi connectivity index (χ1) is 17.5. The summed E-state index contributed by atoms with van der Waals surface area (Å²) in [7, 11) is 0.210. The third-order valence-electron chi connectivity index (χ3n) is 6.21. The van der Waals surface area contributed by atoms with E-state index < -0.39 is 34.9 Å². The molecule has 0 aliphatic carbocycles. The quantitative estimate of drug-likeness (QED) is 0.348. The first-order valence-corrected chi connectivity index (χ1v) is 13.0. The van der Waals surface area contributed by atoms with E-state index in [4.69, 9.17) is 28.9 Å². The number of rotatable bonds is 8. The van der Waals surface area contributed by atoms with Crippen LogP contribution < -0.4 is 14.9 Å². The highest BCUT2D eigenvalue weighted by molar-refractivity contribution is 7.74. The fourth-order valence-corrected chi connectivity index (χ4v) is 5.76. The lowest BCUT2D eigenvalue weighted by molar-refractivity contribution is -0.148. The number of nitrogen functional groups attached to an aromatic ring is 1. The minimum absolute atomic E-state index is 0.0408. The Labute approximate surface area is 224 Å². The van der Waals surface area contributed by atoms with Crippen LogP contribution in [0, 0.1) is 0 Å². The average Bonchev–Trinajstić information content (AvgIpc) is 3.18. The Kier molecular flexibility index (Phi) is 7.62. The van der Waals surface area contributed by atoms with Gasteiger partial charge >= 0.3 is 5.97 Å². The molecule has 37 heavy (non-hydrogen) atoms. The van der Waals surface area contributed by atoms with E-state index in [1.54, 1.807) is 37.2 Å². The summed E-state index contributed by atoms with van der Waals surface area (Å²) in [6.45, 7) is 0.0408. The summed E-state index contributed by atoms with van der Waals surface area (Å²) in [5, 5.41) is 11.8. The summed E-state index contributed by atoms with van der Waals surface area (Å²) in [5.41, 5.74) is 6.52. The number of carboxylic acid groups (broad SMARTS) is 1. The molecule has 1 aromatic carbocycles. The van der Waals surface area contributed by atoms with E-state index in [2.05, 4.69) is 9.97 Å². The Balaban J connectivity index is 1.63. The molecule has 196 valence electrons. The van der Waals surface area contributed by atoms with Crippen molar-refractivity contribution >= 4 is 74.1 Å². The van der Waals surface area contributed by atoms with Crippen molar-refractivity contribution in [2.24, 2.45) is 0 Å². The molecular formula is C23H24Cl2N6O5S. The number of carbonyl (C=O) groups is 2. The van der Waals surface area contributed by atoms with E-state index in [0.29, 0.717) is 22.6 Å². The molecule has 0 spiro atoms. The van der Waals surface area contributed by atoms with Crippen LogP contribution in [0.2, 0.25) is 10.0 Å². The van der Waals surface area contributed by atoms with Crippen LogP contribution in [0.1, 0.15) is 12.0 Å². The molecule has 4 rings (SSSR count). The number of fused-ring (bicyclic) bond motifs is 1. The number of thiol groups is 1. The van der Waals surface area contributed by atoms with Crippen molar-refractivity contribution in [3.8, 4) is 0 Å². The highest BCUT2D eigenvalue weighted by Crippen LogP contribution is 2.32. The van der Waals surface area contributed by atoms with Crippen molar-refractivity contribution in [3.05, 3.63) is 52.3 Å². The van der Waals surface area contributed by atoms with Crippen molar-refractivity contribution in [2.75, 3.05) is 35.6 Å². The van der Waals surface area contributed by atoms with Gasteiger partial charge in [-0.3, -0.25) is 9.10 Å². The van der Waals surface area contributed by atoms with E-state index in [1.165, 1.54) is 23.4 Å². The lowest BCUT2D eigenvalue weighted by Gasteiger charge is -2.28. The topological polar surface area (TPSA) is 150 Å². The summed E-state index contributed by atoms with van der Waals surface area (Å²) in [6, 6.07) is 4.06. The predicted octanol–water partition coefficient (Wildman–Crippen LogP) is 2.21. The van der Waals surface area contributed by atoms with Crippen molar-refractivity contribution in [1.29, 1.82) is 0 Å². The van der Waals surface area contributed by atoms with Crippen molar-refractivity contribution in [1.82, 2.24) is 14.9 Å². The molecule has 2 atom stereocenters. The summed E-state index contributed by atoms with van der Waals surface area (Å²) in [5.74, 6) is -1.15. The second kappa shape index (κ2) is 10.6. The van der Waals surface area contributed by atoms with Gasteiger partial charge in [0.05, 0.1) is 16.9 Å². The monoisotopic (exact) mass is 566 g/mol. The van der Waals surface area contributed by atoms with Gasteiger partial charge in [-0.2, -0.15) is 0 Å². The molecule has 1 fully saturated rings. The SMILES string of the molecule is CN(C)c1ncc(N([C@H]2CCN([C@H](Cc3cc4ccnc(N)c4cc3Cl)C(=O)O)C2=O)[SH](=O)=O)cc1Cl. The molecule has 3 N–H and O–H groups in total. The van der Waals surface area contributed by atoms with Crippen molar-refractivity contribution < 1.29 is 23.1 Å². The molecule has 3 heterocycles. The van der Waals surface area contributed by atoms with E-state index in [9.17, 15) is 23.1 Å². The molecule has 0 unspecified atom stereocenters. The summed E-state index contributed by atoms with van der Waals surface area (Å²) in [6.07, 6.45) is 2.85. The number of nitrogens with zero attached hydrogens (tertiary/aromatic N) is 5. The Morgan fingerprint density at radius 3 is 2.59 bits per heavy atom. The van der Waals surface area contributed by atoms with Gasteiger partial charge in [0.25, 0.3) is 0 Å². The van der Waals surface area contributed by atoms with Gasteiger partial charge in [-0.25, -0.2) is 23.2 Å². The number of carbonyl (C=O) groups excluding carboxylic acids is 1. The number of aromatic nitrogens is 2. The molecule has 1 aliphatic heterocycles. The van der Waals surface area contributed by atoms with Crippen LogP contribution in [0.3, 0.4) is 0 Å². The third kappa shape index (κ3) is 5.22. The largest absolute Gasteiger partial charge is 0.480 e. The zero-order valence-electron chi connectivity index (χ0n) is 19.8. The Morgan fingerprint density at radius 2 is 1.97 bits per heavy atom. The number of pyridine rings is 2. The summed E-state index contributed by atoms with van der Waals surface area (Å²) >= 11 is 12.7. The smallest absolute Gasteiger partial charge is 0.326 e. The van der Waals surface area contributed by atoms with Gasteiger partial charge < -0.3 is 20.6 Å². The van der Waals surface area contributed by atoms with Crippen LogP contribution >= 0.6 is 23.2 Å². The van der Waals surface area contributed by atoms with Crippen molar-refractivity contribution in [2.45, 2.75) is 24.9 Å². The highest BCUT2D eigenvalue weighted by Gasteiger charge is 2.43. The van der Waals surface area contributed by atoms with E-state index in [1.807, 2.05) is 0 Å². The maximum absolute atomic E-state index is 13.4. The molecular weight excluding hydrogens is 543 g/mol. The first kappa shape index (κ1) is 26.7. The number of carboxylic acids is 1. The van der Waals surface area contributed by atoms with Gasteiger partial charge in [0.1, 0.15) is 23.7 Å². The van der Waals surface area contributed by atoms with Gasteiger partial charge in [0.2, 0.25) is 16.8 Å². The lowest BCUT2D eigenvalue weighted by Crippen LogP contribution is -2.48. The highest BCUT2D eigenvalue weighted by atomic mass is 35.5. The zero-order chi connectivity index (χ0) is 27.0. The number of halogens is 2. The second-order valence-electron chi connectivity index (χ2n) is 8.73. The van der Waals surface area contributed by atoms with Crippen LogP contribution in [0.15, 0.2) is 36.7 Å². The Hall–Kier alpha value is -3.35. The van der Waals surface area contributed by atoms with Crippen LogP contribution in [0.4, 0.5) is 17.3 Å². The number of benzene rings is 1. The number of hydrogen-bond acceptors (Lipinski definition) is 8. The van der Waals surface area contributed by atoms with Crippen LogP contribution in [0.5, 0.6) is 0 Å². The standard InChI is InChI=1S/C23H24Cl2N6O5S/c1-29(2)21-17(25)9-14(11-28-21)31(37(35)36)18-4-6-30(22(18)32)19(23(33)34)8-13-7-12-3-5-27-20(26)15(12)10-16(13)24/h3,5,7,9-11,18-19,37H,4,6,8H2,1-2H3,(H2,26,27)(H,33,34)/t18-,19+/m0/s1. The van der Waals surface area contributed by atoms with E-state index in [0.717, 1.165) is 9.69 Å². The zero-order valence-corrected chi connectivity index (χ0v) is 22.2. The first-order valence-electron chi connectivity index (χ1n) is 11.1. The molecule has 0 bridgehead atoms. The van der Waals surface area contributed by atoms with Crippen LogP contribution in [0.25, 0.3) is 10.8 Å². The molecule has 1 amide bonds. The molecule has 2 aromatic heterocycles. The van der Waals surface area contributed by atoms with Gasteiger partial charge in [-0.05, 0) is 41.6 Å². The fourth-order valence-electron chi connectivity index (χ4n) is 4.45. The fraction of sp³-hybridized carbons (Fsp3) is 0.304. The summed E-state index contributed by atoms with van der Waals surface area (Å²) in [4.78, 5) is 36.7. The third-order valence-corrected chi connectivity index (χ3v) is 7.71. The number of anilines is 3. The minimum atomic E-state index is -3.26. The molecule has 0 radical (unpaired) electrons. The second-order valence-corrected chi connectivity index (χ2v) is 10.5. The summed E-state index contributed by atoms with van der Waals surface area (Å²) < 4.78 is 25.4. The number of nitrogens with two attached hydrogens (primary N) is 1. The normalized spacial score (nSPS) is 16.4. The maximum Gasteiger partial charge on any atom is 0.326 e. The van der Waals surface area contributed by atoms with Crippen LogP contribution in [-0.2, 0) is 26.9 Å². The number of hydrogen-bond donors (Lipinski definition) is 3. The maximum atomic E-state index is 13.4. The Bertz CT molecular complexity index is 1460. The lowest BCUT2D eigenvalue weighted by atomic mass is 10.0. The van der Waals surface area contributed by atoms with Gasteiger partial charge in [0, 0.05) is 43.7 Å². The number of aliphatic carboxylic acids is 1. The molecule has 1 saturated heterocycles. The average molecular weight is 567 g/mol. The molecule has 3 aromatic rings. The van der Waals surface area contributed by atoms with Crippen molar-refractivity contribution in [3.63, 3.8) is 0 Å². The number of amides is 1. The Morgan fingerprint density at radius 1 is 1.24 bits per heavy atom. The molecule has 0 saturated carbocycles.